The van der Waals surface area contributed by atoms with Crippen LogP contribution in [0.5, 0.6) is 0 Å². The molecule has 0 aliphatic rings. The Bertz CT molecular complexity index is 408. The molecule has 2 aromatic carbocycles. The molecule has 0 N–H and O–H groups in total. The summed E-state index contributed by atoms with van der Waals surface area (Å²) in [5.74, 6) is 0. The summed E-state index contributed by atoms with van der Waals surface area (Å²) >= 11 is 0. The van der Waals surface area contributed by atoms with Gasteiger partial charge in [0.15, 0.2) is 0 Å². The molecule has 17 heavy (non-hydrogen) atoms. The van der Waals surface area contributed by atoms with Crippen molar-refractivity contribution in [3.8, 4) is 0 Å². The third-order valence-corrected chi connectivity index (χ3v) is 5.23. The van der Waals surface area contributed by atoms with Crippen molar-refractivity contribution in [2.45, 2.75) is 24.8 Å². The van der Waals surface area contributed by atoms with E-state index in [0.717, 1.165) is 10.2 Å². The van der Waals surface area contributed by atoms with Crippen LogP contribution >= 0.6 is 0 Å². The Morgan fingerprint density at radius 1 is 0.824 bits per heavy atom. The molecule has 0 atom stereocenters. The molecule has 0 aromatic heterocycles. The molecule has 0 bridgehead atoms. The van der Waals surface area contributed by atoms with E-state index in [1.54, 1.807) is 0 Å². The maximum absolute atomic E-state index is 2.28. The fourth-order valence-corrected chi connectivity index (χ4v) is 3.73. The van der Waals surface area contributed by atoms with E-state index in [2.05, 4.69) is 67.6 Å². The molecule has 0 nitrogen and oxygen atoms in total. The summed E-state index contributed by atoms with van der Waals surface area (Å²) in [7, 11) is 1.15. The molecule has 2 aromatic rings. The molecule has 0 radical (unpaired) electrons. The highest BCUT2D eigenvalue weighted by Gasteiger charge is 2.27. The second kappa shape index (κ2) is 5.33. The molecule has 2 rings (SSSR count). The number of hydrogen-bond donors (Lipinski definition) is 0. The maximum atomic E-state index is 2.28. The standard InChI is InChI=1S/C16H20Si/c1-2-13-16(17,14-9-5-3-6-10-14)15-11-7-4-8-12-15/h3-12H,2,13H2,1,17H3. The Morgan fingerprint density at radius 3 is 1.59 bits per heavy atom. The molecular weight excluding hydrogens is 220 g/mol. The lowest BCUT2D eigenvalue weighted by Gasteiger charge is -2.31. The van der Waals surface area contributed by atoms with Crippen LogP contribution in [0.25, 0.3) is 0 Å². The first-order valence-corrected chi connectivity index (χ1v) is 7.38. The van der Waals surface area contributed by atoms with Crippen molar-refractivity contribution < 1.29 is 0 Å². The van der Waals surface area contributed by atoms with Gasteiger partial charge in [-0.05, 0) is 17.5 Å². The lowest BCUT2D eigenvalue weighted by molar-refractivity contribution is 0.633. The van der Waals surface area contributed by atoms with Crippen LogP contribution in [0.2, 0.25) is 0 Å². The molecular formula is C16H20Si. The van der Waals surface area contributed by atoms with Gasteiger partial charge in [0.05, 0.1) is 0 Å². The highest BCUT2D eigenvalue weighted by Crippen LogP contribution is 2.33. The van der Waals surface area contributed by atoms with Crippen molar-refractivity contribution in [3.63, 3.8) is 0 Å². The Kier molecular flexibility index (Phi) is 3.80. The third-order valence-electron chi connectivity index (χ3n) is 3.57. The Morgan fingerprint density at radius 2 is 1.24 bits per heavy atom. The summed E-state index contributed by atoms with van der Waals surface area (Å²) < 4.78 is 0. The second-order valence-corrected chi connectivity index (χ2v) is 6.52. The number of benzene rings is 2. The first kappa shape index (κ1) is 12.1. The second-order valence-electron chi connectivity index (χ2n) is 4.81. The minimum atomic E-state index is 0.275. The van der Waals surface area contributed by atoms with Crippen molar-refractivity contribution in [2.75, 3.05) is 0 Å². The van der Waals surface area contributed by atoms with Gasteiger partial charge in [-0.1, -0.05) is 74.0 Å². The van der Waals surface area contributed by atoms with Crippen LogP contribution in [-0.2, 0) is 5.04 Å². The van der Waals surface area contributed by atoms with Crippen LogP contribution in [0.3, 0.4) is 0 Å². The molecule has 0 spiro atoms. The molecule has 88 valence electrons. The van der Waals surface area contributed by atoms with Crippen molar-refractivity contribution in [3.05, 3.63) is 71.8 Å². The van der Waals surface area contributed by atoms with Crippen LogP contribution in [0.4, 0.5) is 0 Å². The van der Waals surface area contributed by atoms with E-state index in [-0.39, 0.29) is 5.04 Å². The van der Waals surface area contributed by atoms with Crippen LogP contribution in [-0.4, -0.2) is 10.2 Å². The Balaban J connectivity index is 2.47. The van der Waals surface area contributed by atoms with Crippen LogP contribution in [0.15, 0.2) is 60.7 Å². The lowest BCUT2D eigenvalue weighted by atomic mass is 9.86. The van der Waals surface area contributed by atoms with Crippen LogP contribution < -0.4 is 0 Å². The molecule has 0 aliphatic heterocycles. The summed E-state index contributed by atoms with van der Waals surface area (Å²) in [6, 6.07) is 21.9. The van der Waals surface area contributed by atoms with Crippen LogP contribution in [0, 0.1) is 0 Å². The van der Waals surface area contributed by atoms with E-state index in [1.165, 1.54) is 24.0 Å². The van der Waals surface area contributed by atoms with Gasteiger partial charge in [0.25, 0.3) is 0 Å². The highest BCUT2D eigenvalue weighted by molar-refractivity contribution is 6.18. The van der Waals surface area contributed by atoms with Crippen molar-refractivity contribution >= 4 is 10.2 Å². The summed E-state index contributed by atoms with van der Waals surface area (Å²) in [6.07, 6.45) is 2.47. The van der Waals surface area contributed by atoms with Gasteiger partial charge < -0.3 is 0 Å². The number of hydrogen-bond acceptors (Lipinski definition) is 0. The zero-order valence-corrected chi connectivity index (χ0v) is 12.7. The van der Waals surface area contributed by atoms with Crippen molar-refractivity contribution in [1.29, 1.82) is 0 Å². The summed E-state index contributed by atoms with van der Waals surface area (Å²) in [6.45, 7) is 2.28. The molecule has 0 heterocycles. The smallest absolute Gasteiger partial charge is 0.0218 e. The Hall–Kier alpha value is -1.34. The topological polar surface area (TPSA) is 0 Å². The maximum Gasteiger partial charge on any atom is 0.0218 e. The van der Waals surface area contributed by atoms with Gasteiger partial charge in [-0.3, -0.25) is 0 Å². The number of rotatable bonds is 4. The molecule has 0 amide bonds. The third kappa shape index (κ3) is 2.50. The average molecular weight is 240 g/mol. The van der Waals surface area contributed by atoms with Crippen molar-refractivity contribution in [1.82, 2.24) is 0 Å². The molecule has 0 saturated heterocycles. The van der Waals surface area contributed by atoms with Gasteiger partial charge in [-0.15, -0.1) is 0 Å². The molecule has 1 heteroatoms. The van der Waals surface area contributed by atoms with Gasteiger partial charge in [0.1, 0.15) is 0 Å². The highest BCUT2D eigenvalue weighted by atomic mass is 28.1. The zero-order chi connectivity index (χ0) is 12.1. The van der Waals surface area contributed by atoms with Gasteiger partial charge in [-0.2, -0.15) is 0 Å². The first-order valence-electron chi connectivity index (χ1n) is 6.38. The fraction of sp³-hybridized carbons (Fsp3) is 0.250. The van der Waals surface area contributed by atoms with Crippen LogP contribution in [0.1, 0.15) is 30.9 Å². The van der Waals surface area contributed by atoms with Gasteiger partial charge in [-0.25, -0.2) is 0 Å². The molecule has 0 fully saturated rings. The normalized spacial score (nSPS) is 11.6. The lowest BCUT2D eigenvalue weighted by Crippen LogP contribution is -2.27. The van der Waals surface area contributed by atoms with Gasteiger partial charge >= 0.3 is 0 Å². The molecule has 0 aliphatic carbocycles. The van der Waals surface area contributed by atoms with E-state index in [4.69, 9.17) is 0 Å². The van der Waals surface area contributed by atoms with Gasteiger partial charge in [0.2, 0.25) is 0 Å². The van der Waals surface area contributed by atoms with E-state index in [0.29, 0.717) is 0 Å². The predicted molar refractivity (Wildman–Crippen MR) is 78.5 cm³/mol. The molecule has 0 saturated carbocycles. The SMILES string of the molecule is CCCC([SiH3])(c1ccccc1)c1ccccc1. The minimum Gasteiger partial charge on any atom is -0.0654 e. The van der Waals surface area contributed by atoms with Gasteiger partial charge in [0, 0.05) is 15.3 Å². The predicted octanol–water partition coefficient (Wildman–Crippen LogP) is 3.10. The molecule has 0 unspecified atom stereocenters. The zero-order valence-electron chi connectivity index (χ0n) is 10.7. The minimum absolute atomic E-state index is 0.275. The van der Waals surface area contributed by atoms with Crippen molar-refractivity contribution in [2.24, 2.45) is 0 Å². The summed E-state index contributed by atoms with van der Waals surface area (Å²) in [5.41, 5.74) is 2.94. The fourth-order valence-electron chi connectivity index (χ4n) is 2.57. The summed E-state index contributed by atoms with van der Waals surface area (Å²) in [5, 5.41) is 0.275. The van der Waals surface area contributed by atoms with E-state index < -0.39 is 0 Å². The van der Waals surface area contributed by atoms with E-state index in [1.807, 2.05) is 0 Å². The van der Waals surface area contributed by atoms with E-state index >= 15 is 0 Å². The van der Waals surface area contributed by atoms with E-state index in [9.17, 15) is 0 Å². The Labute approximate surface area is 107 Å². The monoisotopic (exact) mass is 240 g/mol. The average Bonchev–Trinajstić information content (AvgIpc) is 2.41. The summed E-state index contributed by atoms with van der Waals surface area (Å²) in [4.78, 5) is 0. The largest absolute Gasteiger partial charge is 0.0654 e. The first-order chi connectivity index (χ1) is 8.27. The quantitative estimate of drug-likeness (QED) is 0.721.